The minimum atomic E-state index is -0.266. The molecule has 0 N–H and O–H groups in total. The third-order valence-electron chi connectivity index (χ3n) is 0.884. The van der Waals surface area contributed by atoms with Crippen LogP contribution in [0.3, 0.4) is 0 Å². The molecule has 0 saturated carbocycles. The molecule has 0 heterocycles. The summed E-state index contributed by atoms with van der Waals surface area (Å²) in [6.07, 6.45) is 0.958. The molecule has 0 unspecified atom stereocenters. The van der Waals surface area contributed by atoms with Gasteiger partial charge in [0.2, 0.25) is 0 Å². The van der Waals surface area contributed by atoms with Crippen LogP contribution in [0, 0.1) is 11.3 Å². The molecular formula is C8H18. The van der Waals surface area contributed by atoms with Gasteiger partial charge in [-0.2, -0.15) is 0 Å². The van der Waals surface area contributed by atoms with Crippen molar-refractivity contribution in [2.24, 2.45) is 11.3 Å². The topological polar surface area (TPSA) is 0 Å². The highest BCUT2D eigenvalue weighted by atomic mass is 14.2. The van der Waals surface area contributed by atoms with E-state index in [2.05, 4.69) is 20.8 Å². The van der Waals surface area contributed by atoms with E-state index in [1.165, 1.54) is 0 Å². The zero-order valence-electron chi connectivity index (χ0n) is 7.71. The molecule has 0 nitrogen and oxygen atoms in total. The molecule has 0 aliphatic heterocycles. The molecule has 50 valence electrons. The van der Waals surface area contributed by atoms with Gasteiger partial charge in [0, 0.05) is 1.37 Å². The average molecular weight is 115 g/mol. The highest BCUT2D eigenvalue weighted by Gasteiger charge is 2.11. The van der Waals surface area contributed by atoms with Gasteiger partial charge in [-0.3, -0.25) is 0 Å². The first-order valence-corrected chi connectivity index (χ1v) is 3.21. The molecule has 0 aromatic heterocycles. The van der Waals surface area contributed by atoms with Crippen LogP contribution in [0.5, 0.6) is 0 Å². The SMILES string of the molecule is [2H]C(C)(C)CC(C)(C)C. The maximum absolute atomic E-state index is 7.59. The molecule has 0 aromatic carbocycles. The normalized spacial score (nSPS) is 15.9. The van der Waals surface area contributed by atoms with Crippen molar-refractivity contribution in [3.8, 4) is 0 Å². The van der Waals surface area contributed by atoms with E-state index in [0.29, 0.717) is 5.41 Å². The van der Waals surface area contributed by atoms with Crippen LogP contribution in [0.2, 0.25) is 0 Å². The Morgan fingerprint density at radius 1 is 1.38 bits per heavy atom. The van der Waals surface area contributed by atoms with Crippen molar-refractivity contribution in [3.05, 3.63) is 0 Å². The summed E-state index contributed by atoms with van der Waals surface area (Å²) in [6, 6.07) is 0. The van der Waals surface area contributed by atoms with E-state index in [1.54, 1.807) is 0 Å². The predicted octanol–water partition coefficient (Wildman–Crippen LogP) is 3.08. The lowest BCUT2D eigenvalue weighted by molar-refractivity contribution is 0.320. The molecule has 0 spiro atoms. The fourth-order valence-electron chi connectivity index (χ4n) is 1.06. The van der Waals surface area contributed by atoms with Crippen molar-refractivity contribution in [1.82, 2.24) is 0 Å². The van der Waals surface area contributed by atoms with Crippen molar-refractivity contribution in [2.75, 3.05) is 0 Å². The van der Waals surface area contributed by atoms with Gasteiger partial charge in [-0.05, 0) is 17.7 Å². The van der Waals surface area contributed by atoms with Crippen molar-refractivity contribution in [1.29, 1.82) is 0 Å². The Bertz CT molecular complexity index is 69.7. The zero-order valence-corrected chi connectivity index (χ0v) is 6.71. The van der Waals surface area contributed by atoms with E-state index in [4.69, 9.17) is 1.37 Å². The number of hydrogen-bond acceptors (Lipinski definition) is 0. The van der Waals surface area contributed by atoms with E-state index in [-0.39, 0.29) is 5.89 Å². The van der Waals surface area contributed by atoms with Gasteiger partial charge >= 0.3 is 0 Å². The lowest BCUT2D eigenvalue weighted by atomic mass is 9.86. The van der Waals surface area contributed by atoms with Gasteiger partial charge in [-0.15, -0.1) is 0 Å². The van der Waals surface area contributed by atoms with Crippen molar-refractivity contribution in [2.45, 2.75) is 41.0 Å². The van der Waals surface area contributed by atoms with Gasteiger partial charge < -0.3 is 0 Å². The average Bonchev–Trinajstić information content (AvgIpc) is 1.14. The largest absolute Gasteiger partial charge is 0.0628 e. The maximum atomic E-state index is 7.59. The summed E-state index contributed by atoms with van der Waals surface area (Å²) in [5, 5.41) is 0. The Morgan fingerprint density at radius 2 is 1.75 bits per heavy atom. The third-order valence-corrected chi connectivity index (χ3v) is 0.884. The summed E-state index contributed by atoms with van der Waals surface area (Å²) >= 11 is 0. The van der Waals surface area contributed by atoms with Crippen LogP contribution >= 0.6 is 0 Å². The van der Waals surface area contributed by atoms with E-state index in [0.717, 1.165) is 6.42 Å². The molecular weight excluding hydrogens is 96.1 g/mol. The summed E-state index contributed by atoms with van der Waals surface area (Å²) in [4.78, 5) is 0. The van der Waals surface area contributed by atoms with Gasteiger partial charge in [-0.25, -0.2) is 0 Å². The van der Waals surface area contributed by atoms with Gasteiger partial charge in [0.1, 0.15) is 0 Å². The first kappa shape index (κ1) is 6.12. The second-order valence-electron chi connectivity index (χ2n) is 3.94. The first-order chi connectivity index (χ1) is 3.71. The van der Waals surface area contributed by atoms with Crippen molar-refractivity contribution >= 4 is 0 Å². The molecule has 0 atom stereocenters. The van der Waals surface area contributed by atoms with Crippen LogP contribution in [0.25, 0.3) is 0 Å². The Kier molecular flexibility index (Phi) is 1.93. The molecule has 0 amide bonds. The molecule has 8 heavy (non-hydrogen) atoms. The summed E-state index contributed by atoms with van der Waals surface area (Å²) in [5.41, 5.74) is 0.297. The maximum Gasteiger partial charge on any atom is 0.0297 e. The standard InChI is InChI=1S/C8H18/c1-7(2)6-8(3,4)5/h7H,6H2,1-5H3/i7D. The van der Waals surface area contributed by atoms with E-state index in [9.17, 15) is 0 Å². The minimum absolute atomic E-state index is 0.266. The lowest BCUT2D eigenvalue weighted by Crippen LogP contribution is -2.08. The molecule has 0 rings (SSSR count). The van der Waals surface area contributed by atoms with Crippen LogP contribution < -0.4 is 0 Å². The second-order valence-corrected chi connectivity index (χ2v) is 3.94. The Balaban J connectivity index is 3.75. The molecule has 0 aliphatic carbocycles. The van der Waals surface area contributed by atoms with Crippen molar-refractivity contribution in [3.63, 3.8) is 0 Å². The highest BCUT2D eigenvalue weighted by Crippen LogP contribution is 2.23. The second kappa shape index (κ2) is 2.52. The van der Waals surface area contributed by atoms with Crippen molar-refractivity contribution < 1.29 is 1.37 Å². The van der Waals surface area contributed by atoms with Crippen LogP contribution in [0.1, 0.15) is 42.4 Å². The third kappa shape index (κ3) is 6.00. The molecule has 0 saturated heterocycles. The fraction of sp³-hybridized carbons (Fsp3) is 1.00. The molecule has 0 aromatic rings. The van der Waals surface area contributed by atoms with E-state index >= 15 is 0 Å². The minimum Gasteiger partial charge on any atom is -0.0628 e. The summed E-state index contributed by atoms with van der Waals surface area (Å²) in [6.45, 7) is 10.4. The first-order valence-electron chi connectivity index (χ1n) is 3.71. The van der Waals surface area contributed by atoms with Crippen LogP contribution in [-0.2, 0) is 0 Å². The van der Waals surface area contributed by atoms with Crippen LogP contribution in [-0.4, -0.2) is 0 Å². The lowest BCUT2D eigenvalue weighted by Gasteiger charge is -2.19. The van der Waals surface area contributed by atoms with Crippen LogP contribution in [0.15, 0.2) is 0 Å². The van der Waals surface area contributed by atoms with Gasteiger partial charge in [-0.1, -0.05) is 34.6 Å². The van der Waals surface area contributed by atoms with Gasteiger partial charge in [0.25, 0.3) is 0 Å². The summed E-state index contributed by atoms with van der Waals surface area (Å²) in [7, 11) is 0. The summed E-state index contributed by atoms with van der Waals surface area (Å²) in [5.74, 6) is -0.266. The fourth-order valence-corrected chi connectivity index (χ4v) is 1.06. The smallest absolute Gasteiger partial charge is 0.0297 e. The quantitative estimate of drug-likeness (QED) is 0.492. The van der Waals surface area contributed by atoms with Crippen LogP contribution in [0.4, 0.5) is 0 Å². The Labute approximate surface area is 54.7 Å². The zero-order chi connectivity index (χ0) is 7.71. The molecule has 0 fully saturated rings. The van der Waals surface area contributed by atoms with Gasteiger partial charge in [0.15, 0.2) is 0 Å². The van der Waals surface area contributed by atoms with Gasteiger partial charge in [0.05, 0.1) is 0 Å². The van der Waals surface area contributed by atoms with E-state index in [1.807, 2.05) is 13.8 Å². The predicted molar refractivity (Wildman–Crippen MR) is 38.9 cm³/mol. The molecule has 0 bridgehead atoms. The summed E-state index contributed by atoms with van der Waals surface area (Å²) < 4.78 is 7.59. The Hall–Kier alpha value is 0. The van der Waals surface area contributed by atoms with E-state index < -0.39 is 0 Å². The number of rotatable bonds is 1. The molecule has 0 aliphatic rings. The monoisotopic (exact) mass is 115 g/mol. The molecule has 0 radical (unpaired) electrons. The highest BCUT2D eigenvalue weighted by molar-refractivity contribution is 4.62. The molecule has 0 heteroatoms. The number of hydrogen-bond donors (Lipinski definition) is 0. The Morgan fingerprint density at radius 3 is 1.75 bits per heavy atom.